The normalized spacial score (nSPS) is 16.0. The Morgan fingerprint density at radius 3 is 2.77 bits per heavy atom. The van der Waals surface area contributed by atoms with Crippen molar-refractivity contribution in [2.45, 2.75) is 31.8 Å². The fourth-order valence-electron chi connectivity index (χ4n) is 2.96. The number of halogens is 1. The van der Waals surface area contributed by atoms with E-state index in [4.69, 9.17) is 5.11 Å². The van der Waals surface area contributed by atoms with Crippen molar-refractivity contribution in [3.8, 4) is 5.75 Å². The average molecular weight is 515 g/mol. The van der Waals surface area contributed by atoms with Crippen molar-refractivity contribution in [2.75, 3.05) is 24.2 Å². The number of fused-ring (bicyclic) bond motifs is 1. The summed E-state index contributed by atoms with van der Waals surface area (Å²) in [6, 6.07) is 2.68. The van der Waals surface area contributed by atoms with Gasteiger partial charge in [-0.3, -0.25) is 9.79 Å². The van der Waals surface area contributed by atoms with Gasteiger partial charge in [0, 0.05) is 24.4 Å². The lowest BCUT2D eigenvalue weighted by molar-refractivity contribution is -0.137. The van der Waals surface area contributed by atoms with Crippen LogP contribution in [0.15, 0.2) is 17.1 Å². The molecule has 0 saturated heterocycles. The Kier molecular flexibility index (Phi) is 8.49. The van der Waals surface area contributed by atoms with E-state index in [0.29, 0.717) is 34.2 Å². The van der Waals surface area contributed by atoms with Crippen LogP contribution in [0, 0.1) is 0 Å². The Labute approximate surface area is 190 Å². The Morgan fingerprint density at radius 2 is 2.03 bits per heavy atom. The van der Waals surface area contributed by atoms with E-state index in [-0.39, 0.29) is 11.7 Å². The number of aromatic hydroxyl groups is 1. The maximum atomic E-state index is 11.1. The van der Waals surface area contributed by atoms with Crippen LogP contribution in [0.2, 0.25) is 0 Å². The summed E-state index contributed by atoms with van der Waals surface area (Å²) in [5.41, 5.74) is 1.56. The van der Waals surface area contributed by atoms with Crippen molar-refractivity contribution in [2.24, 2.45) is 4.99 Å². The molecule has 30 heavy (non-hydrogen) atoms. The number of aliphatic carboxylic acids is 1. The molecule has 0 bridgehead atoms. The third kappa shape index (κ3) is 5.93. The number of unbranched alkanes of at least 4 members (excludes halogenated alkanes) is 2. The standard InChI is InChI=1S/C19H23BrN4O4S2/c20-8-15(26)22-7-3-1-2-6-21-9-11-14(25)5-4-12-16(11)30-18(23-12)17-24-13(10-29-17)19(27)28/h4-5,13,21,25H,1-3,6-10H2,(H,22,26)(H,27,28)/t13-/m1/s1. The molecule has 0 spiro atoms. The largest absolute Gasteiger partial charge is 0.508 e. The van der Waals surface area contributed by atoms with Crippen molar-refractivity contribution in [3.05, 3.63) is 22.7 Å². The molecule has 1 aromatic heterocycles. The summed E-state index contributed by atoms with van der Waals surface area (Å²) < 4.78 is 0.886. The van der Waals surface area contributed by atoms with Gasteiger partial charge < -0.3 is 20.8 Å². The summed E-state index contributed by atoms with van der Waals surface area (Å²) in [7, 11) is 0. The topological polar surface area (TPSA) is 124 Å². The third-order valence-electron chi connectivity index (χ3n) is 4.53. The number of carboxylic acids is 1. The average Bonchev–Trinajstić information content (AvgIpc) is 3.38. The number of carboxylic acid groups (broad SMARTS) is 1. The molecule has 162 valence electrons. The van der Waals surface area contributed by atoms with E-state index < -0.39 is 12.0 Å². The number of hydrogen-bond acceptors (Lipinski definition) is 8. The van der Waals surface area contributed by atoms with Gasteiger partial charge in [0.1, 0.15) is 15.8 Å². The highest BCUT2D eigenvalue weighted by Crippen LogP contribution is 2.34. The third-order valence-corrected chi connectivity index (χ3v) is 7.36. The molecule has 0 aliphatic carbocycles. The van der Waals surface area contributed by atoms with Crippen LogP contribution in [0.4, 0.5) is 0 Å². The molecule has 1 amide bonds. The summed E-state index contributed by atoms with van der Waals surface area (Å²) in [5, 5.41) is 27.3. The molecule has 0 radical (unpaired) electrons. The van der Waals surface area contributed by atoms with E-state index in [0.717, 1.165) is 41.6 Å². The number of phenols is 1. The number of nitrogens with zero attached hydrogens (tertiary/aromatic N) is 2. The quantitative estimate of drug-likeness (QED) is 0.268. The minimum absolute atomic E-state index is 0.000990. The molecule has 2 aromatic rings. The SMILES string of the molecule is O=C(CBr)NCCCCCNCc1c(O)ccc2nc(C3=N[C@@H](C(=O)O)CS3)sc12. The van der Waals surface area contributed by atoms with E-state index in [2.05, 4.69) is 36.5 Å². The number of thiazole rings is 1. The number of aliphatic imine (C=N–C) groups is 1. The zero-order valence-electron chi connectivity index (χ0n) is 16.2. The minimum atomic E-state index is -0.924. The van der Waals surface area contributed by atoms with Gasteiger partial charge in [-0.25, -0.2) is 9.78 Å². The Hall–Kier alpha value is -1.69. The molecule has 2 heterocycles. The Morgan fingerprint density at radius 1 is 1.23 bits per heavy atom. The minimum Gasteiger partial charge on any atom is -0.508 e. The molecule has 1 aliphatic rings. The molecule has 1 aliphatic heterocycles. The van der Waals surface area contributed by atoms with Crippen LogP contribution in [0.25, 0.3) is 10.2 Å². The van der Waals surface area contributed by atoms with E-state index in [9.17, 15) is 14.7 Å². The molecule has 4 N–H and O–H groups in total. The summed E-state index contributed by atoms with van der Waals surface area (Å²) in [6.07, 6.45) is 2.90. The van der Waals surface area contributed by atoms with Gasteiger partial charge >= 0.3 is 5.97 Å². The van der Waals surface area contributed by atoms with Crippen LogP contribution in [0.5, 0.6) is 5.75 Å². The first-order valence-corrected chi connectivity index (χ1v) is 12.5. The zero-order valence-corrected chi connectivity index (χ0v) is 19.4. The lowest BCUT2D eigenvalue weighted by atomic mass is 10.1. The van der Waals surface area contributed by atoms with Gasteiger partial charge in [0.05, 0.1) is 15.5 Å². The lowest BCUT2D eigenvalue weighted by Crippen LogP contribution is -2.25. The maximum absolute atomic E-state index is 11.1. The van der Waals surface area contributed by atoms with Gasteiger partial charge in [-0.1, -0.05) is 22.4 Å². The van der Waals surface area contributed by atoms with Crippen molar-refractivity contribution < 1.29 is 19.8 Å². The van der Waals surface area contributed by atoms with Gasteiger partial charge in [0.25, 0.3) is 0 Å². The van der Waals surface area contributed by atoms with E-state index in [1.165, 1.54) is 23.1 Å². The zero-order chi connectivity index (χ0) is 21.5. The van der Waals surface area contributed by atoms with Crippen LogP contribution in [-0.2, 0) is 16.1 Å². The van der Waals surface area contributed by atoms with Gasteiger partial charge in [-0.15, -0.1) is 23.1 Å². The molecule has 0 fully saturated rings. The Balaban J connectivity index is 1.55. The molecule has 11 heteroatoms. The number of carbonyl (C=O) groups excluding carboxylic acids is 1. The fraction of sp³-hybridized carbons (Fsp3) is 0.474. The number of hydrogen-bond donors (Lipinski definition) is 4. The molecule has 1 atom stereocenters. The first kappa shape index (κ1) is 23.0. The van der Waals surface area contributed by atoms with E-state index in [1.54, 1.807) is 12.1 Å². The van der Waals surface area contributed by atoms with Gasteiger partial charge in [0.15, 0.2) is 6.04 Å². The highest BCUT2D eigenvalue weighted by molar-refractivity contribution is 9.09. The number of benzene rings is 1. The van der Waals surface area contributed by atoms with Crippen molar-refractivity contribution >= 4 is 66.2 Å². The maximum Gasteiger partial charge on any atom is 0.329 e. The fourth-order valence-corrected chi connectivity index (χ4v) is 5.36. The second-order valence-electron chi connectivity index (χ2n) is 6.75. The number of alkyl halides is 1. The molecular weight excluding hydrogens is 492 g/mol. The molecule has 3 rings (SSSR count). The molecule has 0 unspecified atom stereocenters. The molecule has 1 aromatic carbocycles. The molecule has 8 nitrogen and oxygen atoms in total. The van der Waals surface area contributed by atoms with E-state index in [1.807, 2.05) is 0 Å². The number of nitrogens with one attached hydrogen (secondary N) is 2. The Bertz CT molecular complexity index is 950. The van der Waals surface area contributed by atoms with Crippen molar-refractivity contribution in [1.29, 1.82) is 0 Å². The highest BCUT2D eigenvalue weighted by atomic mass is 79.9. The molecular formula is C19H23BrN4O4S2. The van der Waals surface area contributed by atoms with E-state index >= 15 is 0 Å². The van der Waals surface area contributed by atoms with Crippen LogP contribution < -0.4 is 10.6 Å². The van der Waals surface area contributed by atoms with Crippen LogP contribution in [-0.4, -0.2) is 62.3 Å². The van der Waals surface area contributed by atoms with Gasteiger partial charge in [0.2, 0.25) is 5.91 Å². The number of carbonyl (C=O) groups is 2. The second-order valence-corrected chi connectivity index (χ2v) is 9.32. The highest BCUT2D eigenvalue weighted by Gasteiger charge is 2.27. The monoisotopic (exact) mass is 514 g/mol. The number of rotatable bonds is 11. The number of phenolic OH excluding ortho intramolecular Hbond substituents is 1. The smallest absolute Gasteiger partial charge is 0.329 e. The summed E-state index contributed by atoms with van der Waals surface area (Å²) in [4.78, 5) is 31.1. The van der Waals surface area contributed by atoms with Crippen LogP contribution in [0.3, 0.4) is 0 Å². The van der Waals surface area contributed by atoms with Crippen LogP contribution in [0.1, 0.15) is 29.8 Å². The predicted octanol–water partition coefficient (Wildman–Crippen LogP) is 2.72. The van der Waals surface area contributed by atoms with Crippen molar-refractivity contribution in [1.82, 2.24) is 15.6 Å². The summed E-state index contributed by atoms with van der Waals surface area (Å²) in [6.45, 7) is 2.00. The second kappa shape index (κ2) is 11.1. The lowest BCUT2D eigenvalue weighted by Gasteiger charge is -2.08. The first-order chi connectivity index (χ1) is 14.5. The van der Waals surface area contributed by atoms with Gasteiger partial charge in [-0.05, 0) is 31.5 Å². The summed E-state index contributed by atoms with van der Waals surface area (Å²) in [5.74, 6) is -0.292. The summed E-state index contributed by atoms with van der Waals surface area (Å²) >= 11 is 5.95. The van der Waals surface area contributed by atoms with Crippen molar-refractivity contribution in [3.63, 3.8) is 0 Å². The molecule has 0 saturated carbocycles. The number of aromatic nitrogens is 1. The predicted molar refractivity (Wildman–Crippen MR) is 124 cm³/mol. The first-order valence-electron chi connectivity index (χ1n) is 9.58. The van der Waals surface area contributed by atoms with Gasteiger partial charge in [-0.2, -0.15) is 0 Å². The number of thioether (sulfide) groups is 1. The number of amides is 1. The van der Waals surface area contributed by atoms with Crippen LogP contribution >= 0.6 is 39.0 Å².